The SMILES string of the molecule is O=C(O)c1cc2ccccc2c(Cc2c(O)c(C(=O)O)cc3ccccc23)c1O.c1csc(CSC2=NCCN2)c1. The van der Waals surface area contributed by atoms with Crippen LogP contribution in [0.25, 0.3) is 21.5 Å². The Morgan fingerprint density at radius 1 is 0.829 bits per heavy atom. The molecule has 0 aliphatic carbocycles. The van der Waals surface area contributed by atoms with Crippen molar-refractivity contribution in [2.24, 2.45) is 4.99 Å². The second-order valence-electron chi connectivity index (χ2n) is 9.21. The van der Waals surface area contributed by atoms with Gasteiger partial charge >= 0.3 is 11.9 Å². The van der Waals surface area contributed by atoms with E-state index < -0.39 is 23.4 Å². The molecule has 0 spiro atoms. The molecule has 5 aromatic rings. The first kappa shape index (κ1) is 28.0. The van der Waals surface area contributed by atoms with Crippen molar-refractivity contribution in [3.63, 3.8) is 0 Å². The molecule has 5 N–H and O–H groups in total. The Balaban J connectivity index is 0.000000234. The van der Waals surface area contributed by atoms with E-state index in [1.54, 1.807) is 71.6 Å². The standard InChI is InChI=1S/C23H16O6.C8H10N2S2/c24-20-16(14-7-3-1-5-12(14)9-18(20)22(26)27)11-17-15-8-4-2-6-13(15)10-19(21(17)25)23(28)29;1-2-7(11-5-1)6-12-8-9-3-4-10-8/h1-10,24-25H,11H2,(H,26,27)(H,28,29);1-2,5H,3-4,6H2,(H,9,10). The number of carboxylic acid groups (broad SMARTS) is 2. The first-order valence-corrected chi connectivity index (χ1v) is 14.6. The van der Waals surface area contributed by atoms with Gasteiger partial charge < -0.3 is 25.7 Å². The van der Waals surface area contributed by atoms with E-state index in [0.717, 1.165) is 24.0 Å². The molecule has 1 aromatic heterocycles. The molecule has 2 heterocycles. The van der Waals surface area contributed by atoms with Crippen LogP contribution in [0.1, 0.15) is 36.7 Å². The Labute approximate surface area is 243 Å². The van der Waals surface area contributed by atoms with Crippen molar-refractivity contribution < 1.29 is 30.0 Å². The van der Waals surface area contributed by atoms with Crippen LogP contribution in [0.5, 0.6) is 11.5 Å². The Morgan fingerprint density at radius 2 is 1.39 bits per heavy atom. The number of benzene rings is 4. The number of carboxylic acids is 2. The van der Waals surface area contributed by atoms with Crippen molar-refractivity contribution in [2.75, 3.05) is 13.1 Å². The first-order valence-electron chi connectivity index (χ1n) is 12.7. The van der Waals surface area contributed by atoms with Gasteiger partial charge in [0.05, 0.1) is 6.54 Å². The van der Waals surface area contributed by atoms with E-state index in [0.29, 0.717) is 32.7 Å². The number of aliphatic imine (C=N–C) groups is 1. The summed E-state index contributed by atoms with van der Waals surface area (Å²) in [5.74, 6) is -2.31. The largest absolute Gasteiger partial charge is 0.507 e. The molecule has 0 saturated carbocycles. The fraction of sp³-hybridized carbons (Fsp3) is 0.129. The number of carbonyl (C=O) groups is 2. The lowest BCUT2D eigenvalue weighted by Gasteiger charge is -2.16. The molecule has 6 rings (SSSR count). The summed E-state index contributed by atoms with van der Waals surface area (Å²) in [6, 6.07) is 21.0. The van der Waals surface area contributed by atoms with Crippen LogP contribution in [0, 0.1) is 0 Å². The fourth-order valence-electron chi connectivity index (χ4n) is 4.69. The topological polar surface area (TPSA) is 139 Å². The Morgan fingerprint density at radius 3 is 1.85 bits per heavy atom. The van der Waals surface area contributed by atoms with Crippen molar-refractivity contribution >= 4 is 61.7 Å². The molecular formula is C31H26N2O6S2. The third-order valence-electron chi connectivity index (χ3n) is 6.64. The van der Waals surface area contributed by atoms with E-state index in [-0.39, 0.29) is 17.5 Å². The second-order valence-corrected chi connectivity index (χ2v) is 11.2. The van der Waals surface area contributed by atoms with Crippen LogP contribution >= 0.6 is 23.1 Å². The van der Waals surface area contributed by atoms with Crippen molar-refractivity contribution in [3.05, 3.63) is 105 Å². The van der Waals surface area contributed by atoms with Gasteiger partial charge in [-0.15, -0.1) is 11.3 Å². The number of rotatable bonds is 6. The van der Waals surface area contributed by atoms with E-state index in [9.17, 15) is 30.0 Å². The minimum atomic E-state index is -1.28. The number of amidine groups is 1. The maximum Gasteiger partial charge on any atom is 0.339 e. The van der Waals surface area contributed by atoms with Gasteiger partial charge in [-0.1, -0.05) is 66.4 Å². The number of nitrogens with zero attached hydrogens (tertiary/aromatic N) is 1. The molecule has 8 nitrogen and oxygen atoms in total. The normalized spacial score (nSPS) is 12.4. The number of aromatic carboxylic acids is 2. The molecule has 0 saturated heterocycles. The molecule has 0 fully saturated rings. The van der Waals surface area contributed by atoms with Crippen molar-refractivity contribution in [3.8, 4) is 11.5 Å². The summed E-state index contributed by atoms with van der Waals surface area (Å²) in [5.41, 5.74) is 0.112. The highest BCUT2D eigenvalue weighted by atomic mass is 32.2. The maximum atomic E-state index is 11.6. The third-order valence-corrected chi connectivity index (χ3v) is 8.70. The van der Waals surface area contributed by atoms with E-state index in [2.05, 4.69) is 27.8 Å². The summed E-state index contributed by atoms with van der Waals surface area (Å²) in [6.07, 6.45) is -0.0407. The summed E-state index contributed by atoms with van der Waals surface area (Å²) >= 11 is 3.59. The Hall–Kier alpha value is -4.54. The number of nitrogens with one attached hydrogen (secondary N) is 1. The second kappa shape index (κ2) is 12.3. The molecule has 0 unspecified atom stereocenters. The van der Waals surface area contributed by atoms with Crippen LogP contribution in [-0.4, -0.2) is 50.6 Å². The predicted molar refractivity (Wildman–Crippen MR) is 164 cm³/mol. The summed E-state index contributed by atoms with van der Waals surface area (Å²) < 4.78 is 0. The van der Waals surface area contributed by atoms with Crippen LogP contribution < -0.4 is 5.32 Å². The number of hydrogen-bond donors (Lipinski definition) is 5. The lowest BCUT2D eigenvalue weighted by Crippen LogP contribution is -2.14. The first-order chi connectivity index (χ1) is 19.8. The highest BCUT2D eigenvalue weighted by Crippen LogP contribution is 2.38. The van der Waals surface area contributed by atoms with Gasteiger partial charge in [0, 0.05) is 34.7 Å². The van der Waals surface area contributed by atoms with Gasteiger partial charge in [-0.3, -0.25) is 4.99 Å². The van der Waals surface area contributed by atoms with Gasteiger partial charge in [-0.05, 0) is 45.1 Å². The number of aromatic hydroxyl groups is 2. The van der Waals surface area contributed by atoms with E-state index >= 15 is 0 Å². The summed E-state index contributed by atoms with van der Waals surface area (Å²) in [4.78, 5) is 28.9. The van der Waals surface area contributed by atoms with E-state index in [1.807, 2.05) is 0 Å². The molecule has 0 amide bonds. The minimum Gasteiger partial charge on any atom is -0.507 e. The molecule has 10 heteroatoms. The summed E-state index contributed by atoms with van der Waals surface area (Å²) in [7, 11) is 0. The lowest BCUT2D eigenvalue weighted by molar-refractivity contribution is 0.0682. The number of thiophene rings is 1. The van der Waals surface area contributed by atoms with Crippen LogP contribution in [0.2, 0.25) is 0 Å². The zero-order valence-electron chi connectivity index (χ0n) is 21.7. The Bertz CT molecular complexity index is 1680. The Kier molecular flexibility index (Phi) is 8.42. The van der Waals surface area contributed by atoms with Crippen molar-refractivity contribution in [1.82, 2.24) is 5.32 Å². The van der Waals surface area contributed by atoms with Gasteiger partial charge in [0.1, 0.15) is 22.6 Å². The summed E-state index contributed by atoms with van der Waals surface area (Å²) in [6.45, 7) is 1.94. The number of hydrogen-bond acceptors (Lipinski definition) is 8. The third kappa shape index (κ3) is 6.13. The maximum absolute atomic E-state index is 11.6. The van der Waals surface area contributed by atoms with E-state index in [1.165, 1.54) is 17.0 Å². The minimum absolute atomic E-state index is 0.0407. The average Bonchev–Trinajstić information content (AvgIpc) is 3.69. The number of fused-ring (bicyclic) bond motifs is 2. The van der Waals surface area contributed by atoms with Crippen molar-refractivity contribution in [1.29, 1.82) is 0 Å². The quantitative estimate of drug-likeness (QED) is 0.156. The van der Waals surface area contributed by atoms with Gasteiger partial charge in [-0.25, -0.2) is 9.59 Å². The van der Waals surface area contributed by atoms with Gasteiger partial charge in [0.2, 0.25) is 0 Å². The van der Waals surface area contributed by atoms with Crippen molar-refractivity contribution in [2.45, 2.75) is 12.2 Å². The monoisotopic (exact) mass is 586 g/mol. The van der Waals surface area contributed by atoms with Crippen LogP contribution in [-0.2, 0) is 12.2 Å². The van der Waals surface area contributed by atoms with Gasteiger partial charge in [0.25, 0.3) is 0 Å². The molecule has 1 aliphatic heterocycles. The zero-order valence-corrected chi connectivity index (χ0v) is 23.3. The lowest BCUT2D eigenvalue weighted by atomic mass is 9.90. The van der Waals surface area contributed by atoms with Crippen LogP contribution in [0.15, 0.2) is 83.2 Å². The zero-order chi connectivity index (χ0) is 28.9. The number of phenols is 2. The summed E-state index contributed by atoms with van der Waals surface area (Å²) in [5, 5.41) is 49.2. The molecule has 41 heavy (non-hydrogen) atoms. The van der Waals surface area contributed by atoms with Gasteiger partial charge in [-0.2, -0.15) is 0 Å². The smallest absolute Gasteiger partial charge is 0.339 e. The number of thioether (sulfide) groups is 1. The van der Waals surface area contributed by atoms with E-state index in [4.69, 9.17) is 0 Å². The molecule has 0 bridgehead atoms. The van der Waals surface area contributed by atoms with Crippen LogP contribution in [0.4, 0.5) is 0 Å². The molecular weight excluding hydrogens is 560 g/mol. The highest BCUT2D eigenvalue weighted by molar-refractivity contribution is 8.13. The highest BCUT2D eigenvalue weighted by Gasteiger charge is 2.22. The molecule has 208 valence electrons. The molecule has 0 radical (unpaired) electrons. The fourth-order valence-corrected chi connectivity index (χ4v) is 6.39. The molecule has 0 atom stereocenters. The molecule has 4 aromatic carbocycles. The van der Waals surface area contributed by atoms with Gasteiger partial charge in [0.15, 0.2) is 5.17 Å². The predicted octanol–water partition coefficient (Wildman–Crippen LogP) is 6.33. The molecule has 1 aliphatic rings. The average molecular weight is 587 g/mol. The van der Waals surface area contributed by atoms with Crippen LogP contribution in [0.3, 0.4) is 0 Å².